The largest absolute Gasteiger partial charge is 0.330 e. The van der Waals surface area contributed by atoms with Gasteiger partial charge in [-0.1, -0.05) is 13.8 Å². The van der Waals surface area contributed by atoms with Crippen LogP contribution in [-0.2, 0) is 12.8 Å². The Balaban J connectivity index is 2.25. The Labute approximate surface area is 85.1 Å². The highest BCUT2D eigenvalue weighted by atomic mass is 15.1. The quantitative estimate of drug-likeness (QED) is 0.749. The lowest BCUT2D eigenvalue weighted by Crippen LogP contribution is -2.22. The van der Waals surface area contributed by atoms with Crippen LogP contribution in [-0.4, -0.2) is 16.7 Å². The maximum Gasteiger partial charge on any atom is 0.0682 e. The third-order valence-corrected chi connectivity index (χ3v) is 3.16. The molecule has 0 saturated heterocycles. The third kappa shape index (κ3) is 1.57. The van der Waals surface area contributed by atoms with E-state index in [1.54, 1.807) is 0 Å². The molecule has 1 aromatic rings. The molecule has 0 spiro atoms. The second-order valence-corrected chi connectivity index (χ2v) is 4.57. The van der Waals surface area contributed by atoms with Gasteiger partial charge in [-0.05, 0) is 43.2 Å². The van der Waals surface area contributed by atoms with Crippen molar-refractivity contribution in [3.05, 3.63) is 17.0 Å². The van der Waals surface area contributed by atoms with Crippen LogP contribution in [0.3, 0.4) is 0 Å². The molecule has 3 N–H and O–H groups in total. The number of H-pyrrole nitrogens is 1. The molecule has 0 amide bonds. The Hall–Kier alpha value is -0.830. The molecule has 1 aliphatic carbocycles. The molecule has 14 heavy (non-hydrogen) atoms. The Morgan fingerprint density at radius 3 is 3.00 bits per heavy atom. The minimum Gasteiger partial charge on any atom is -0.330 e. The lowest BCUT2D eigenvalue weighted by Gasteiger charge is -2.20. The van der Waals surface area contributed by atoms with Gasteiger partial charge in [0.05, 0.1) is 5.69 Å². The van der Waals surface area contributed by atoms with Crippen molar-refractivity contribution >= 4 is 0 Å². The molecular weight excluding hydrogens is 174 g/mol. The van der Waals surface area contributed by atoms with Crippen molar-refractivity contribution in [2.45, 2.75) is 39.0 Å². The number of nitrogens with one attached hydrogen (secondary N) is 1. The SMILES string of the molecule is CC(C)c1n[nH]c2c1CCC(CN)C2. The molecule has 0 aromatic carbocycles. The molecule has 2 rings (SSSR count). The summed E-state index contributed by atoms with van der Waals surface area (Å²) in [6.45, 7) is 5.20. The molecule has 0 bridgehead atoms. The van der Waals surface area contributed by atoms with Gasteiger partial charge in [0.25, 0.3) is 0 Å². The summed E-state index contributed by atoms with van der Waals surface area (Å²) in [7, 11) is 0. The van der Waals surface area contributed by atoms with E-state index >= 15 is 0 Å². The summed E-state index contributed by atoms with van der Waals surface area (Å²) in [5.41, 5.74) is 9.74. The highest BCUT2D eigenvalue weighted by Gasteiger charge is 2.23. The van der Waals surface area contributed by atoms with E-state index in [1.807, 2.05) is 0 Å². The van der Waals surface area contributed by atoms with Crippen LogP contribution in [0.1, 0.15) is 43.1 Å². The van der Waals surface area contributed by atoms with E-state index < -0.39 is 0 Å². The van der Waals surface area contributed by atoms with Gasteiger partial charge in [-0.3, -0.25) is 5.10 Å². The average molecular weight is 193 g/mol. The monoisotopic (exact) mass is 193 g/mol. The second-order valence-electron chi connectivity index (χ2n) is 4.57. The van der Waals surface area contributed by atoms with E-state index in [2.05, 4.69) is 24.0 Å². The zero-order chi connectivity index (χ0) is 10.1. The molecule has 78 valence electrons. The standard InChI is InChI=1S/C11H19N3/c1-7(2)11-9-4-3-8(6-12)5-10(9)13-14-11/h7-8H,3-6,12H2,1-2H3,(H,13,14). The summed E-state index contributed by atoms with van der Waals surface area (Å²) in [5, 5.41) is 7.57. The number of hydrogen-bond acceptors (Lipinski definition) is 2. The van der Waals surface area contributed by atoms with Gasteiger partial charge < -0.3 is 5.73 Å². The molecule has 1 heterocycles. The van der Waals surface area contributed by atoms with Crippen molar-refractivity contribution in [2.75, 3.05) is 6.54 Å². The van der Waals surface area contributed by atoms with E-state index in [9.17, 15) is 0 Å². The van der Waals surface area contributed by atoms with Crippen molar-refractivity contribution in [3.63, 3.8) is 0 Å². The zero-order valence-corrected chi connectivity index (χ0v) is 9.01. The number of aromatic nitrogens is 2. The Bertz CT molecular complexity index is 314. The first kappa shape index (κ1) is 9.71. The molecule has 1 aromatic heterocycles. The number of hydrogen-bond donors (Lipinski definition) is 2. The van der Waals surface area contributed by atoms with E-state index in [4.69, 9.17) is 5.73 Å². The van der Waals surface area contributed by atoms with E-state index in [1.165, 1.54) is 23.4 Å². The number of rotatable bonds is 2. The summed E-state index contributed by atoms with van der Waals surface area (Å²) >= 11 is 0. The molecule has 0 saturated carbocycles. The van der Waals surface area contributed by atoms with Crippen molar-refractivity contribution in [3.8, 4) is 0 Å². The highest BCUT2D eigenvalue weighted by Crippen LogP contribution is 2.28. The topological polar surface area (TPSA) is 54.7 Å². The van der Waals surface area contributed by atoms with Crippen molar-refractivity contribution in [2.24, 2.45) is 11.7 Å². The predicted molar refractivity (Wildman–Crippen MR) is 57.2 cm³/mol. The third-order valence-electron chi connectivity index (χ3n) is 3.16. The fraction of sp³-hybridized carbons (Fsp3) is 0.727. The Kier molecular flexibility index (Phi) is 2.59. The van der Waals surface area contributed by atoms with Gasteiger partial charge in [0.2, 0.25) is 0 Å². The van der Waals surface area contributed by atoms with Crippen LogP contribution in [0, 0.1) is 5.92 Å². The number of fused-ring (bicyclic) bond motifs is 1. The maximum absolute atomic E-state index is 5.69. The second kappa shape index (κ2) is 3.73. The van der Waals surface area contributed by atoms with Crippen molar-refractivity contribution in [1.29, 1.82) is 0 Å². The molecule has 1 atom stereocenters. The Morgan fingerprint density at radius 1 is 1.57 bits per heavy atom. The average Bonchev–Trinajstić information content (AvgIpc) is 2.59. The van der Waals surface area contributed by atoms with Gasteiger partial charge in [-0.2, -0.15) is 5.10 Å². The van der Waals surface area contributed by atoms with Gasteiger partial charge in [-0.15, -0.1) is 0 Å². The van der Waals surface area contributed by atoms with Crippen LogP contribution in [0.4, 0.5) is 0 Å². The van der Waals surface area contributed by atoms with Gasteiger partial charge in [0.15, 0.2) is 0 Å². The smallest absolute Gasteiger partial charge is 0.0682 e. The van der Waals surface area contributed by atoms with Crippen LogP contribution < -0.4 is 5.73 Å². The molecule has 3 heteroatoms. The minimum absolute atomic E-state index is 0.532. The van der Waals surface area contributed by atoms with Crippen LogP contribution >= 0.6 is 0 Å². The first-order valence-electron chi connectivity index (χ1n) is 5.48. The fourth-order valence-electron chi connectivity index (χ4n) is 2.28. The van der Waals surface area contributed by atoms with Crippen LogP contribution in [0.2, 0.25) is 0 Å². The number of aromatic amines is 1. The first-order chi connectivity index (χ1) is 6.72. The minimum atomic E-state index is 0.532. The normalized spacial score (nSPS) is 21.3. The van der Waals surface area contributed by atoms with E-state index in [-0.39, 0.29) is 0 Å². The lowest BCUT2D eigenvalue weighted by molar-refractivity contribution is 0.462. The molecule has 3 nitrogen and oxygen atoms in total. The molecule has 0 fully saturated rings. The van der Waals surface area contributed by atoms with Crippen LogP contribution in [0.5, 0.6) is 0 Å². The number of nitrogens with two attached hydrogens (primary N) is 1. The Morgan fingerprint density at radius 2 is 2.36 bits per heavy atom. The van der Waals surface area contributed by atoms with Gasteiger partial charge in [0.1, 0.15) is 0 Å². The fourth-order valence-corrected chi connectivity index (χ4v) is 2.28. The lowest BCUT2D eigenvalue weighted by atomic mass is 9.85. The summed E-state index contributed by atoms with van der Waals surface area (Å²) in [5.74, 6) is 1.19. The van der Waals surface area contributed by atoms with Gasteiger partial charge >= 0.3 is 0 Å². The number of nitrogens with zero attached hydrogens (tertiary/aromatic N) is 1. The van der Waals surface area contributed by atoms with Crippen LogP contribution in [0.25, 0.3) is 0 Å². The molecule has 0 aliphatic heterocycles. The summed E-state index contributed by atoms with van der Waals surface area (Å²) < 4.78 is 0. The summed E-state index contributed by atoms with van der Waals surface area (Å²) in [4.78, 5) is 0. The van der Waals surface area contributed by atoms with Gasteiger partial charge in [0, 0.05) is 5.69 Å². The highest BCUT2D eigenvalue weighted by molar-refractivity contribution is 5.30. The van der Waals surface area contributed by atoms with Crippen molar-refractivity contribution in [1.82, 2.24) is 10.2 Å². The van der Waals surface area contributed by atoms with Crippen molar-refractivity contribution < 1.29 is 0 Å². The first-order valence-corrected chi connectivity index (χ1v) is 5.48. The summed E-state index contributed by atoms with van der Waals surface area (Å²) in [6, 6.07) is 0. The maximum atomic E-state index is 5.69. The molecular formula is C11H19N3. The zero-order valence-electron chi connectivity index (χ0n) is 9.01. The molecule has 0 radical (unpaired) electrons. The van der Waals surface area contributed by atoms with Crippen LogP contribution in [0.15, 0.2) is 0 Å². The molecule has 1 unspecified atom stereocenters. The summed E-state index contributed by atoms with van der Waals surface area (Å²) in [6.07, 6.45) is 3.47. The molecule has 1 aliphatic rings. The van der Waals surface area contributed by atoms with Gasteiger partial charge in [-0.25, -0.2) is 0 Å². The predicted octanol–water partition coefficient (Wildman–Crippen LogP) is 1.60. The van der Waals surface area contributed by atoms with E-state index in [0.29, 0.717) is 11.8 Å². The van der Waals surface area contributed by atoms with E-state index in [0.717, 1.165) is 19.4 Å².